The molecule has 4 nitrogen and oxygen atoms in total. The van der Waals surface area contributed by atoms with Crippen LogP contribution in [0.5, 0.6) is 0 Å². The van der Waals surface area contributed by atoms with Gasteiger partial charge in [-0.1, -0.05) is 13.8 Å². The Kier molecular flexibility index (Phi) is 3.39. The van der Waals surface area contributed by atoms with E-state index in [0.29, 0.717) is 17.3 Å². The monoisotopic (exact) mass is 247 g/mol. The number of nitrogens with zero attached hydrogens (tertiary/aromatic N) is 1. The molecule has 1 atom stereocenters. The molecule has 0 aliphatic carbocycles. The number of pyridine rings is 1. The largest absolute Gasteiger partial charge is 0.383 e. The average Bonchev–Trinajstić information content (AvgIpc) is 2.82. The Balaban J connectivity index is 2.43. The van der Waals surface area contributed by atoms with Gasteiger partial charge >= 0.3 is 0 Å². The second-order valence-electron chi connectivity index (χ2n) is 5.51. The van der Waals surface area contributed by atoms with Gasteiger partial charge in [0.1, 0.15) is 5.82 Å². The van der Waals surface area contributed by atoms with Crippen LogP contribution in [0.1, 0.15) is 36.2 Å². The molecule has 1 aliphatic heterocycles. The maximum absolute atomic E-state index is 12.8. The smallest absolute Gasteiger partial charge is 0.174 e. The molecule has 18 heavy (non-hydrogen) atoms. The Bertz CT molecular complexity index is 462. The summed E-state index contributed by atoms with van der Waals surface area (Å²) in [5.41, 5.74) is 7.08. The van der Waals surface area contributed by atoms with E-state index in [2.05, 4.69) is 24.1 Å². The number of Topliss-reactive ketones (excluding diaryl/α,β-unsaturated/α-hetero) is 1. The number of nitrogens with one attached hydrogen (secondary N) is 1. The van der Waals surface area contributed by atoms with Crippen molar-refractivity contribution in [3.8, 4) is 0 Å². The van der Waals surface area contributed by atoms with Gasteiger partial charge in [0, 0.05) is 18.2 Å². The predicted octanol–water partition coefficient (Wildman–Crippen LogP) is 1.79. The number of carbonyl (C=O) groups is 1. The molecule has 1 aromatic heterocycles. The van der Waals surface area contributed by atoms with Gasteiger partial charge in [-0.05, 0) is 37.4 Å². The molecular weight excluding hydrogens is 226 g/mol. The van der Waals surface area contributed by atoms with E-state index in [1.807, 2.05) is 13.0 Å². The number of carbonyl (C=O) groups excluding carboxylic acids is 1. The van der Waals surface area contributed by atoms with Gasteiger partial charge in [-0.25, -0.2) is 4.98 Å². The van der Waals surface area contributed by atoms with Crippen molar-refractivity contribution >= 4 is 11.6 Å². The Labute approximate surface area is 108 Å². The molecule has 1 unspecified atom stereocenters. The van der Waals surface area contributed by atoms with E-state index < -0.39 is 0 Å². The molecule has 1 fully saturated rings. The third kappa shape index (κ3) is 2.01. The van der Waals surface area contributed by atoms with E-state index in [1.54, 1.807) is 6.20 Å². The summed E-state index contributed by atoms with van der Waals surface area (Å²) in [7, 11) is 0. The Hall–Kier alpha value is -1.42. The fraction of sp³-hybridized carbons (Fsp3) is 0.571. The van der Waals surface area contributed by atoms with Crippen molar-refractivity contribution in [3.63, 3.8) is 0 Å². The zero-order chi connectivity index (χ0) is 13.3. The second kappa shape index (κ2) is 4.69. The molecular formula is C14H21N3O. The van der Waals surface area contributed by atoms with Crippen LogP contribution in [0.15, 0.2) is 12.3 Å². The van der Waals surface area contributed by atoms with E-state index in [4.69, 9.17) is 5.73 Å². The topological polar surface area (TPSA) is 68.0 Å². The second-order valence-corrected chi connectivity index (χ2v) is 5.51. The van der Waals surface area contributed by atoms with Gasteiger partial charge in [0.15, 0.2) is 5.78 Å². The summed E-state index contributed by atoms with van der Waals surface area (Å²) in [5.74, 6) is 0.772. The SMILES string of the molecule is Cc1cnc(N)c(C(=O)C2(C(C)C)CCNC2)c1. The number of hydrogen-bond donors (Lipinski definition) is 2. The molecule has 2 rings (SSSR count). The van der Waals surface area contributed by atoms with Crippen molar-refractivity contribution in [3.05, 3.63) is 23.4 Å². The van der Waals surface area contributed by atoms with Gasteiger partial charge in [-0.3, -0.25) is 4.79 Å². The first kappa shape index (κ1) is 13.0. The van der Waals surface area contributed by atoms with Crippen molar-refractivity contribution in [2.75, 3.05) is 18.8 Å². The van der Waals surface area contributed by atoms with Gasteiger partial charge < -0.3 is 11.1 Å². The molecule has 0 spiro atoms. The van der Waals surface area contributed by atoms with E-state index in [0.717, 1.165) is 25.1 Å². The van der Waals surface area contributed by atoms with Crippen molar-refractivity contribution in [2.24, 2.45) is 11.3 Å². The lowest BCUT2D eigenvalue weighted by atomic mass is 9.71. The summed E-state index contributed by atoms with van der Waals surface area (Å²) in [4.78, 5) is 16.9. The summed E-state index contributed by atoms with van der Waals surface area (Å²) in [5, 5.41) is 3.30. The number of hydrogen-bond acceptors (Lipinski definition) is 4. The number of aryl methyl sites for hydroxylation is 1. The van der Waals surface area contributed by atoms with Crippen molar-refractivity contribution in [2.45, 2.75) is 27.2 Å². The van der Waals surface area contributed by atoms with Crippen LogP contribution in [0.4, 0.5) is 5.82 Å². The van der Waals surface area contributed by atoms with Gasteiger partial charge in [-0.2, -0.15) is 0 Å². The van der Waals surface area contributed by atoms with Crippen LogP contribution in [0, 0.1) is 18.3 Å². The number of nitrogens with two attached hydrogens (primary N) is 1. The minimum atomic E-state index is -0.330. The summed E-state index contributed by atoms with van der Waals surface area (Å²) >= 11 is 0. The van der Waals surface area contributed by atoms with Crippen LogP contribution in [0.25, 0.3) is 0 Å². The number of nitrogen functional groups attached to an aromatic ring is 1. The fourth-order valence-electron chi connectivity index (χ4n) is 2.69. The van der Waals surface area contributed by atoms with Gasteiger partial charge in [0.05, 0.1) is 5.56 Å². The van der Waals surface area contributed by atoms with Crippen molar-refractivity contribution in [1.82, 2.24) is 10.3 Å². The predicted molar refractivity (Wildman–Crippen MR) is 72.5 cm³/mol. The molecule has 1 saturated heterocycles. The van der Waals surface area contributed by atoms with Crippen molar-refractivity contribution < 1.29 is 4.79 Å². The van der Waals surface area contributed by atoms with Crippen LogP contribution in [0.2, 0.25) is 0 Å². The van der Waals surface area contributed by atoms with Crippen molar-refractivity contribution in [1.29, 1.82) is 0 Å². The molecule has 0 aromatic carbocycles. The van der Waals surface area contributed by atoms with E-state index >= 15 is 0 Å². The lowest BCUT2D eigenvalue weighted by Gasteiger charge is -2.31. The zero-order valence-corrected chi connectivity index (χ0v) is 11.3. The van der Waals surface area contributed by atoms with Gasteiger partial charge in [-0.15, -0.1) is 0 Å². The molecule has 0 bridgehead atoms. The molecule has 98 valence electrons. The molecule has 0 amide bonds. The normalized spacial score (nSPS) is 23.6. The first-order chi connectivity index (χ1) is 8.47. The van der Waals surface area contributed by atoms with Crippen LogP contribution in [-0.4, -0.2) is 23.9 Å². The molecule has 2 heterocycles. The molecule has 4 heteroatoms. The highest BCUT2D eigenvalue weighted by atomic mass is 16.1. The number of aromatic nitrogens is 1. The van der Waals surface area contributed by atoms with E-state index in [1.165, 1.54) is 0 Å². The first-order valence-corrected chi connectivity index (χ1v) is 6.45. The quantitative estimate of drug-likeness (QED) is 0.799. The van der Waals surface area contributed by atoms with Crippen LogP contribution in [0.3, 0.4) is 0 Å². The highest BCUT2D eigenvalue weighted by Gasteiger charge is 2.44. The molecule has 3 N–H and O–H groups in total. The summed E-state index contributed by atoms with van der Waals surface area (Å²) in [6, 6.07) is 1.85. The fourth-order valence-corrected chi connectivity index (χ4v) is 2.69. The number of rotatable bonds is 3. The number of anilines is 1. The first-order valence-electron chi connectivity index (χ1n) is 6.45. The zero-order valence-electron chi connectivity index (χ0n) is 11.3. The Morgan fingerprint density at radius 3 is 2.83 bits per heavy atom. The van der Waals surface area contributed by atoms with Crippen LogP contribution in [-0.2, 0) is 0 Å². The summed E-state index contributed by atoms with van der Waals surface area (Å²) < 4.78 is 0. The lowest BCUT2D eigenvalue weighted by molar-refractivity contribution is 0.0740. The third-order valence-corrected chi connectivity index (χ3v) is 4.05. The molecule has 1 aliphatic rings. The maximum Gasteiger partial charge on any atom is 0.174 e. The average molecular weight is 247 g/mol. The standard InChI is InChI=1S/C14H21N3O/c1-9(2)14(4-5-16-8-14)12(18)11-6-10(3)7-17-13(11)15/h6-7,9,16H,4-5,8H2,1-3H3,(H2,15,17). The summed E-state index contributed by atoms with van der Waals surface area (Å²) in [6.45, 7) is 7.76. The Morgan fingerprint density at radius 1 is 1.56 bits per heavy atom. The Morgan fingerprint density at radius 2 is 2.28 bits per heavy atom. The van der Waals surface area contributed by atoms with Crippen LogP contribution >= 0.6 is 0 Å². The van der Waals surface area contributed by atoms with Crippen LogP contribution < -0.4 is 11.1 Å². The molecule has 1 aromatic rings. The molecule has 0 radical (unpaired) electrons. The van der Waals surface area contributed by atoms with E-state index in [9.17, 15) is 4.79 Å². The maximum atomic E-state index is 12.8. The summed E-state index contributed by atoms with van der Waals surface area (Å²) in [6.07, 6.45) is 2.57. The van der Waals surface area contributed by atoms with Gasteiger partial charge in [0.25, 0.3) is 0 Å². The van der Waals surface area contributed by atoms with E-state index in [-0.39, 0.29) is 11.2 Å². The van der Waals surface area contributed by atoms with Gasteiger partial charge in [0.2, 0.25) is 0 Å². The third-order valence-electron chi connectivity index (χ3n) is 4.05. The highest BCUT2D eigenvalue weighted by Crippen LogP contribution is 2.38. The number of ketones is 1. The molecule has 0 saturated carbocycles. The highest BCUT2D eigenvalue weighted by molar-refractivity contribution is 6.04. The lowest BCUT2D eigenvalue weighted by Crippen LogP contribution is -2.39. The minimum Gasteiger partial charge on any atom is -0.383 e. The minimum absolute atomic E-state index is 0.135.